The molecule has 2 atom stereocenters. The van der Waals surface area contributed by atoms with Gasteiger partial charge in [0.25, 0.3) is 17.9 Å². The SMILES string of the molecule is CC1(C)[C@H](NC(=O)/C(=N\OC(COc2ccc(-n3cc[n+](CC4CNC4)c3)nc2)C(=O)O)c2csc(N)n2)C(=O)N1OS(=O)(=O)O. The molecule has 0 aliphatic carbocycles. The summed E-state index contributed by atoms with van der Waals surface area (Å²) in [6, 6.07) is 1.97. The van der Waals surface area contributed by atoms with Gasteiger partial charge >= 0.3 is 16.4 Å². The number of aliphatic carboxylic acids is 1. The zero-order valence-corrected chi connectivity index (χ0v) is 26.0. The van der Waals surface area contributed by atoms with Crippen molar-refractivity contribution in [1.82, 2.24) is 30.2 Å². The van der Waals surface area contributed by atoms with E-state index in [4.69, 9.17) is 19.9 Å². The van der Waals surface area contributed by atoms with Gasteiger partial charge in [-0.15, -0.1) is 15.6 Å². The number of carbonyl (C=O) groups excluding carboxylic acids is 2. The Morgan fingerprint density at radius 1 is 1.35 bits per heavy atom. The van der Waals surface area contributed by atoms with Gasteiger partial charge in [-0.1, -0.05) is 5.16 Å². The number of nitrogens with one attached hydrogen (secondary N) is 2. The first-order chi connectivity index (χ1) is 21.7. The van der Waals surface area contributed by atoms with Crippen LogP contribution in [-0.4, -0.2) is 98.6 Å². The second kappa shape index (κ2) is 13.0. The van der Waals surface area contributed by atoms with Crippen LogP contribution < -0.4 is 25.7 Å². The summed E-state index contributed by atoms with van der Waals surface area (Å²) < 4.78 is 44.8. The van der Waals surface area contributed by atoms with Gasteiger partial charge in [0.05, 0.1) is 18.3 Å². The van der Waals surface area contributed by atoms with Crippen molar-refractivity contribution in [3.05, 3.63) is 48.1 Å². The first kappa shape index (κ1) is 32.7. The van der Waals surface area contributed by atoms with Crippen molar-refractivity contribution in [3.8, 4) is 11.6 Å². The second-order valence-corrected chi connectivity index (χ2v) is 12.7. The van der Waals surface area contributed by atoms with Crippen molar-refractivity contribution >= 4 is 50.4 Å². The number of hydrogen-bond acceptors (Lipinski definition) is 14. The van der Waals surface area contributed by atoms with Crippen LogP contribution in [-0.2, 0) is 40.4 Å². The number of carboxylic acids is 1. The van der Waals surface area contributed by atoms with Crippen LogP contribution in [0.5, 0.6) is 5.75 Å². The molecule has 1 unspecified atom stereocenters. The number of nitrogens with two attached hydrogens (primary N) is 1. The van der Waals surface area contributed by atoms with Crippen molar-refractivity contribution < 1.29 is 50.9 Å². The molecule has 0 radical (unpaired) electrons. The Kier molecular flexibility index (Phi) is 9.21. The number of amides is 2. The summed E-state index contributed by atoms with van der Waals surface area (Å²) in [5.74, 6) is -2.03. The van der Waals surface area contributed by atoms with Crippen LogP contribution in [0.3, 0.4) is 0 Å². The van der Waals surface area contributed by atoms with E-state index < -0.39 is 58.2 Å². The molecule has 19 nitrogen and oxygen atoms in total. The molecule has 5 rings (SSSR count). The zero-order valence-electron chi connectivity index (χ0n) is 24.3. The lowest BCUT2D eigenvalue weighted by atomic mass is 9.84. The fourth-order valence-electron chi connectivity index (χ4n) is 4.48. The molecule has 246 valence electrons. The number of β-lactam (4-membered cyclic amide) rings is 1. The van der Waals surface area contributed by atoms with E-state index in [0.29, 0.717) is 16.8 Å². The molecule has 46 heavy (non-hydrogen) atoms. The third kappa shape index (κ3) is 7.39. The van der Waals surface area contributed by atoms with Crippen molar-refractivity contribution in [2.24, 2.45) is 11.1 Å². The van der Waals surface area contributed by atoms with Gasteiger partial charge in [-0.25, -0.2) is 19.3 Å². The molecule has 3 aromatic rings. The highest BCUT2D eigenvalue weighted by molar-refractivity contribution is 7.80. The molecule has 6 N–H and O–H groups in total. The third-order valence-corrected chi connectivity index (χ3v) is 8.07. The highest BCUT2D eigenvalue weighted by atomic mass is 32.3. The minimum Gasteiger partial charge on any atom is -0.487 e. The molecule has 2 aliphatic heterocycles. The Bertz CT molecular complexity index is 1750. The molecule has 21 heteroatoms. The average Bonchev–Trinajstić information content (AvgIpc) is 3.62. The maximum absolute atomic E-state index is 13.2. The highest BCUT2D eigenvalue weighted by Crippen LogP contribution is 2.33. The predicted molar refractivity (Wildman–Crippen MR) is 157 cm³/mol. The molecule has 0 saturated carbocycles. The maximum atomic E-state index is 13.2. The Morgan fingerprint density at radius 3 is 2.67 bits per heavy atom. The standard InChI is InChI=1S/C25H29N9O10S2/c1-25(2)20(22(36)34(25)44-46(39,40)41)30-21(35)19(16-12-45-24(26)29-16)31-43-17(23(37)38)11-42-15-3-4-18(28-9-15)33-6-5-32(13-33)10-14-7-27-8-14/h3-6,9,12-14,17,20,27H,7-8,10-11H2,1-2H3,(H4-,26,29,30,35,37,38,39,40,41)/p+1/b31-19-/t17?,20-/m1/s1. The minimum atomic E-state index is -5.01. The number of thiazole rings is 1. The molecular weight excluding hydrogens is 650 g/mol. The van der Waals surface area contributed by atoms with Gasteiger partial charge < -0.3 is 31.0 Å². The fraction of sp³-hybridized carbons (Fsp3) is 0.400. The van der Waals surface area contributed by atoms with Crippen LogP contribution in [0.15, 0.2) is 47.6 Å². The maximum Gasteiger partial charge on any atom is 0.418 e. The summed E-state index contributed by atoms with van der Waals surface area (Å²) >= 11 is 0.958. The summed E-state index contributed by atoms with van der Waals surface area (Å²) in [5, 5.41) is 20.8. The summed E-state index contributed by atoms with van der Waals surface area (Å²) in [7, 11) is -5.01. The number of hydrogen-bond donors (Lipinski definition) is 5. The smallest absolute Gasteiger partial charge is 0.418 e. The Balaban J connectivity index is 1.23. The minimum absolute atomic E-state index is 0.0581. The molecule has 0 spiro atoms. The number of hydroxylamine groups is 2. The highest BCUT2D eigenvalue weighted by Gasteiger charge is 2.58. The van der Waals surface area contributed by atoms with E-state index in [1.807, 2.05) is 23.3 Å². The van der Waals surface area contributed by atoms with E-state index in [1.54, 1.807) is 12.1 Å². The number of carboxylic acid groups (broad SMARTS) is 1. The molecule has 5 heterocycles. The van der Waals surface area contributed by atoms with Gasteiger partial charge in [0.1, 0.15) is 36.5 Å². The van der Waals surface area contributed by atoms with Crippen molar-refractivity contribution in [2.45, 2.75) is 38.1 Å². The van der Waals surface area contributed by atoms with Gasteiger partial charge in [0.2, 0.25) is 12.1 Å². The summed E-state index contributed by atoms with van der Waals surface area (Å²) in [4.78, 5) is 51.1. The molecule has 2 saturated heterocycles. The predicted octanol–water partition coefficient (Wildman–Crippen LogP) is -1.49. The zero-order chi connectivity index (χ0) is 33.2. The molecule has 3 aromatic heterocycles. The van der Waals surface area contributed by atoms with Gasteiger partial charge in [-0.05, 0) is 19.9 Å². The van der Waals surface area contributed by atoms with E-state index in [-0.39, 0.29) is 16.6 Å². The first-order valence-electron chi connectivity index (χ1n) is 13.6. The van der Waals surface area contributed by atoms with Crippen LogP contribution in [0.2, 0.25) is 0 Å². The number of anilines is 1. The largest absolute Gasteiger partial charge is 0.487 e. The van der Waals surface area contributed by atoms with Crippen LogP contribution in [0.25, 0.3) is 5.82 Å². The fourth-order valence-corrected chi connectivity index (χ4v) is 5.48. The number of nitrogens with zero attached hydrogens (tertiary/aromatic N) is 6. The van der Waals surface area contributed by atoms with Crippen LogP contribution in [0.4, 0.5) is 5.13 Å². The van der Waals surface area contributed by atoms with Gasteiger partial charge in [0, 0.05) is 30.5 Å². The molecule has 2 amide bonds. The van der Waals surface area contributed by atoms with E-state index in [2.05, 4.69) is 34.6 Å². The second-order valence-electron chi connectivity index (χ2n) is 10.8. The van der Waals surface area contributed by atoms with Gasteiger partial charge in [0.15, 0.2) is 10.8 Å². The quantitative estimate of drug-likeness (QED) is 0.0428. The molecular formula is C25H30N9O10S2+. The summed E-state index contributed by atoms with van der Waals surface area (Å²) in [5.41, 5.74) is 3.65. The van der Waals surface area contributed by atoms with Crippen molar-refractivity contribution in [1.29, 1.82) is 0 Å². The summed E-state index contributed by atoms with van der Waals surface area (Å²) in [6.45, 7) is 5.06. The lowest BCUT2D eigenvalue weighted by Crippen LogP contribution is -2.76. The van der Waals surface area contributed by atoms with Crippen LogP contribution >= 0.6 is 11.3 Å². The Labute approximate surface area is 265 Å². The molecule has 2 aliphatic rings. The van der Waals surface area contributed by atoms with E-state index in [1.165, 1.54) is 25.4 Å². The number of pyridine rings is 1. The number of nitrogen functional groups attached to an aromatic ring is 1. The average molecular weight is 681 g/mol. The van der Waals surface area contributed by atoms with Crippen molar-refractivity contribution in [2.75, 3.05) is 25.4 Å². The monoisotopic (exact) mass is 680 g/mol. The molecule has 0 bridgehead atoms. The lowest BCUT2D eigenvalue weighted by molar-refractivity contribution is -0.703. The first-order valence-corrected chi connectivity index (χ1v) is 15.8. The Hall–Kier alpha value is -4.70. The van der Waals surface area contributed by atoms with Crippen LogP contribution in [0, 0.1) is 5.92 Å². The van der Waals surface area contributed by atoms with Crippen molar-refractivity contribution in [3.63, 3.8) is 0 Å². The number of aromatic nitrogens is 4. The van der Waals surface area contributed by atoms with E-state index in [9.17, 15) is 27.9 Å². The number of imidazole rings is 1. The number of oxime groups is 1. The van der Waals surface area contributed by atoms with Gasteiger partial charge in [-0.2, -0.15) is 18.0 Å². The normalized spacial score (nSPS) is 18.8. The Morgan fingerprint density at radius 2 is 2.11 bits per heavy atom. The van der Waals surface area contributed by atoms with E-state index in [0.717, 1.165) is 31.0 Å². The lowest BCUT2D eigenvalue weighted by Gasteiger charge is -2.50. The third-order valence-electron chi connectivity index (χ3n) is 7.06. The summed E-state index contributed by atoms with van der Waals surface area (Å²) in [6.07, 6.45) is 5.47. The number of carbonyl (C=O) groups is 3. The van der Waals surface area contributed by atoms with Gasteiger partial charge in [-0.3, -0.25) is 14.1 Å². The number of ether oxygens (including phenoxy) is 1. The molecule has 0 aromatic carbocycles. The molecule has 2 fully saturated rings. The van der Waals surface area contributed by atoms with Crippen LogP contribution in [0.1, 0.15) is 19.5 Å². The number of rotatable bonds is 14. The topological polar surface area (TPSA) is 254 Å². The van der Waals surface area contributed by atoms with E-state index >= 15 is 0 Å².